The summed E-state index contributed by atoms with van der Waals surface area (Å²) in [5, 5.41) is 42.7. The van der Waals surface area contributed by atoms with Crippen LogP contribution in [0, 0.1) is 4.91 Å². The molecular weight excluding hydrogens is 374 g/mol. The van der Waals surface area contributed by atoms with E-state index in [0.29, 0.717) is 18.0 Å². The number of nitrogens with zero attached hydrogens (tertiary/aromatic N) is 3. The summed E-state index contributed by atoms with van der Waals surface area (Å²) in [6.45, 7) is -0.321. The minimum atomic E-state index is -1.66. The Balaban J connectivity index is 2.25. The van der Waals surface area contributed by atoms with Gasteiger partial charge < -0.3 is 29.9 Å². The molecule has 2 saturated heterocycles. The fourth-order valence-electron chi connectivity index (χ4n) is 3.04. The number of ether oxygens (including phenoxy) is 2. The number of rotatable bonds is 7. The summed E-state index contributed by atoms with van der Waals surface area (Å²) in [5.74, 6) is -0.0417. The zero-order valence-corrected chi connectivity index (χ0v) is 14.8. The van der Waals surface area contributed by atoms with Crippen LogP contribution in [0.25, 0.3) is 0 Å². The number of alkyl halides is 1. The Hall–Kier alpha value is -1.08. The molecule has 6 atom stereocenters. The Morgan fingerprint density at radius 3 is 2.50 bits per heavy atom. The molecule has 26 heavy (non-hydrogen) atoms. The molecule has 2 amide bonds. The van der Waals surface area contributed by atoms with Gasteiger partial charge in [-0.05, 0) is 12.8 Å². The molecule has 150 valence electrons. The third-order valence-corrected chi connectivity index (χ3v) is 4.63. The van der Waals surface area contributed by atoms with E-state index in [1.54, 1.807) is 0 Å². The molecule has 0 bridgehead atoms. The first-order valence-corrected chi connectivity index (χ1v) is 8.87. The molecule has 2 rings (SSSR count). The first-order valence-electron chi connectivity index (χ1n) is 8.34. The Labute approximate surface area is 155 Å². The van der Waals surface area contributed by atoms with Gasteiger partial charge in [0.15, 0.2) is 6.23 Å². The van der Waals surface area contributed by atoms with E-state index in [1.165, 1.54) is 0 Å². The fourth-order valence-corrected chi connectivity index (χ4v) is 3.20. The van der Waals surface area contributed by atoms with Crippen LogP contribution in [0.2, 0.25) is 0 Å². The van der Waals surface area contributed by atoms with Gasteiger partial charge in [0.05, 0.1) is 31.1 Å². The van der Waals surface area contributed by atoms with Crippen molar-refractivity contribution < 1.29 is 34.7 Å². The normalized spacial score (nSPS) is 34.5. The molecule has 0 radical (unpaired) electrons. The van der Waals surface area contributed by atoms with Crippen molar-refractivity contribution in [3.05, 3.63) is 4.91 Å². The van der Waals surface area contributed by atoms with E-state index in [1.807, 2.05) is 0 Å². The van der Waals surface area contributed by atoms with Crippen LogP contribution in [0.15, 0.2) is 5.29 Å². The van der Waals surface area contributed by atoms with Crippen molar-refractivity contribution in [3.8, 4) is 0 Å². The molecule has 0 saturated carbocycles. The molecule has 2 heterocycles. The Morgan fingerprint density at radius 2 is 1.96 bits per heavy atom. The van der Waals surface area contributed by atoms with Crippen LogP contribution in [-0.4, -0.2) is 105 Å². The summed E-state index contributed by atoms with van der Waals surface area (Å²) < 4.78 is 10.9. The largest absolute Gasteiger partial charge is 0.394 e. The third-order valence-electron chi connectivity index (χ3n) is 4.46. The smallest absolute Gasteiger partial charge is 0.345 e. The van der Waals surface area contributed by atoms with E-state index in [4.69, 9.17) is 21.1 Å². The highest BCUT2D eigenvalue weighted by molar-refractivity contribution is 6.18. The maximum absolute atomic E-state index is 12.7. The van der Waals surface area contributed by atoms with Crippen LogP contribution in [0.1, 0.15) is 12.8 Å². The molecule has 11 nitrogen and oxygen atoms in total. The van der Waals surface area contributed by atoms with Gasteiger partial charge in [0.2, 0.25) is 0 Å². The van der Waals surface area contributed by atoms with E-state index >= 15 is 0 Å². The number of nitroso groups, excluding NO2 is 1. The number of aliphatic hydroxyl groups excluding tert-OH is 4. The number of aliphatic hydroxyl groups is 4. The number of urea groups is 1. The van der Waals surface area contributed by atoms with Crippen molar-refractivity contribution >= 4 is 17.6 Å². The molecule has 4 N–H and O–H groups in total. The second-order valence-electron chi connectivity index (χ2n) is 6.18. The summed E-state index contributed by atoms with van der Waals surface area (Å²) in [5.41, 5.74) is 0. The van der Waals surface area contributed by atoms with Gasteiger partial charge in [-0.25, -0.2) is 4.79 Å². The molecule has 2 unspecified atom stereocenters. The number of carbonyl (C=O) groups excluding carboxylic acids is 1. The predicted octanol–water partition coefficient (Wildman–Crippen LogP) is -1.39. The second kappa shape index (κ2) is 9.74. The molecule has 0 aromatic rings. The van der Waals surface area contributed by atoms with Crippen LogP contribution in [0.4, 0.5) is 4.79 Å². The number of halogens is 1. The van der Waals surface area contributed by atoms with E-state index in [9.17, 15) is 30.1 Å². The monoisotopic (exact) mass is 397 g/mol. The zero-order chi connectivity index (χ0) is 19.3. The summed E-state index contributed by atoms with van der Waals surface area (Å²) in [6, 6.07) is -0.888. The molecular formula is C14H24ClN3O8. The predicted molar refractivity (Wildman–Crippen MR) is 88.1 cm³/mol. The lowest BCUT2D eigenvalue weighted by molar-refractivity contribution is -0.259. The Bertz CT molecular complexity index is 479. The van der Waals surface area contributed by atoms with Gasteiger partial charge in [0, 0.05) is 12.5 Å². The van der Waals surface area contributed by atoms with Crippen molar-refractivity contribution in [2.24, 2.45) is 5.29 Å². The summed E-state index contributed by atoms with van der Waals surface area (Å²) in [7, 11) is 0. The minimum Gasteiger partial charge on any atom is -0.394 e. The third kappa shape index (κ3) is 4.60. The van der Waals surface area contributed by atoms with Gasteiger partial charge in [-0.15, -0.1) is 16.5 Å². The van der Waals surface area contributed by atoms with Crippen LogP contribution < -0.4 is 0 Å². The van der Waals surface area contributed by atoms with Crippen LogP contribution >= 0.6 is 11.6 Å². The lowest BCUT2D eigenvalue weighted by Gasteiger charge is -2.45. The topological polar surface area (TPSA) is 152 Å². The quantitative estimate of drug-likeness (QED) is 0.233. The SMILES string of the molecule is O=NN(CCCl)C(=O)N(CC1CCCO1)C1O[C@H](CO)[C@@H](O)[C@H](O)[C@H]1O. The van der Waals surface area contributed by atoms with E-state index < -0.39 is 43.3 Å². The van der Waals surface area contributed by atoms with Crippen LogP contribution in [-0.2, 0) is 9.47 Å². The lowest BCUT2D eigenvalue weighted by atomic mass is 9.97. The van der Waals surface area contributed by atoms with Gasteiger partial charge >= 0.3 is 6.03 Å². The molecule has 0 aromatic heterocycles. The van der Waals surface area contributed by atoms with Gasteiger partial charge in [-0.1, -0.05) is 0 Å². The first-order chi connectivity index (χ1) is 12.4. The highest BCUT2D eigenvalue weighted by Crippen LogP contribution is 2.26. The average molecular weight is 398 g/mol. The van der Waals surface area contributed by atoms with Crippen molar-refractivity contribution in [2.45, 2.75) is 49.6 Å². The fraction of sp³-hybridized carbons (Fsp3) is 0.929. The van der Waals surface area contributed by atoms with Crippen LogP contribution in [0.3, 0.4) is 0 Å². The average Bonchev–Trinajstić information content (AvgIpc) is 3.15. The molecule has 2 fully saturated rings. The maximum Gasteiger partial charge on any atom is 0.345 e. The van der Waals surface area contributed by atoms with Crippen molar-refractivity contribution in [2.75, 3.05) is 32.2 Å². The molecule has 0 spiro atoms. The zero-order valence-electron chi connectivity index (χ0n) is 14.1. The van der Waals surface area contributed by atoms with Crippen molar-refractivity contribution in [1.82, 2.24) is 9.91 Å². The maximum atomic E-state index is 12.7. The second-order valence-corrected chi connectivity index (χ2v) is 6.56. The van der Waals surface area contributed by atoms with E-state index in [-0.39, 0.29) is 25.1 Å². The standard InChI is InChI=1S/C14H24ClN3O8/c15-3-4-18(16-24)14(23)17(6-8-2-1-5-25-8)13-12(22)11(21)10(20)9(7-19)26-13/h8-13,19-22H,1-7H2/t8?,9-,10-,11+,12-,13?/m1/s1. The van der Waals surface area contributed by atoms with Crippen molar-refractivity contribution in [1.29, 1.82) is 0 Å². The number of hydrogen-bond donors (Lipinski definition) is 4. The van der Waals surface area contributed by atoms with Crippen molar-refractivity contribution in [3.63, 3.8) is 0 Å². The van der Waals surface area contributed by atoms with Gasteiger partial charge in [0.1, 0.15) is 24.4 Å². The molecule has 0 aromatic carbocycles. The van der Waals surface area contributed by atoms with Gasteiger partial charge in [-0.3, -0.25) is 4.90 Å². The number of carbonyl (C=O) groups is 1. The number of hydrogen-bond acceptors (Lipinski definition) is 9. The minimum absolute atomic E-state index is 0.0319. The van der Waals surface area contributed by atoms with Gasteiger partial charge in [0.25, 0.3) is 0 Å². The summed E-state index contributed by atoms with van der Waals surface area (Å²) in [6.07, 6.45) is -6.39. The first kappa shape index (κ1) is 21.2. The highest BCUT2D eigenvalue weighted by Gasteiger charge is 2.48. The molecule has 12 heteroatoms. The van der Waals surface area contributed by atoms with Crippen LogP contribution in [0.5, 0.6) is 0 Å². The number of amides is 2. The van der Waals surface area contributed by atoms with E-state index in [0.717, 1.165) is 11.3 Å². The Morgan fingerprint density at radius 1 is 1.23 bits per heavy atom. The molecule has 2 aliphatic rings. The Kier molecular flexibility index (Phi) is 7.95. The molecule has 0 aliphatic carbocycles. The van der Waals surface area contributed by atoms with E-state index in [2.05, 4.69) is 5.29 Å². The summed E-state index contributed by atoms with van der Waals surface area (Å²) in [4.78, 5) is 24.7. The lowest BCUT2D eigenvalue weighted by Crippen LogP contribution is -2.65. The van der Waals surface area contributed by atoms with Gasteiger partial charge in [-0.2, -0.15) is 5.01 Å². The highest BCUT2D eigenvalue weighted by atomic mass is 35.5. The molecule has 2 aliphatic heterocycles. The summed E-state index contributed by atoms with van der Waals surface area (Å²) >= 11 is 5.57.